The lowest BCUT2D eigenvalue weighted by molar-refractivity contribution is 0.0951. The molecule has 0 saturated carbocycles. The SMILES string of the molecule is O=C(NCCO)Oc1ccc(C(=O)NS(=O)(=O)c2cccc(CCNC(=O)c3ccccc3)c2)cn1. The Balaban J connectivity index is 1.57. The first-order chi connectivity index (χ1) is 17.3. The number of sulfonamides is 1. The van der Waals surface area contributed by atoms with Gasteiger partial charge < -0.3 is 20.5 Å². The molecule has 0 spiro atoms. The Bertz CT molecular complexity index is 1310. The van der Waals surface area contributed by atoms with Crippen molar-refractivity contribution < 1.29 is 32.6 Å². The monoisotopic (exact) mass is 512 g/mol. The molecule has 12 heteroatoms. The number of rotatable bonds is 10. The quantitative estimate of drug-likeness (QED) is 0.315. The number of hydrogen-bond donors (Lipinski definition) is 4. The van der Waals surface area contributed by atoms with Crippen molar-refractivity contribution in [3.05, 3.63) is 89.6 Å². The molecule has 2 aromatic carbocycles. The van der Waals surface area contributed by atoms with Gasteiger partial charge in [0.1, 0.15) is 0 Å². The van der Waals surface area contributed by atoms with Crippen molar-refractivity contribution >= 4 is 27.9 Å². The number of aliphatic hydroxyl groups excluding tert-OH is 1. The van der Waals surface area contributed by atoms with Crippen molar-refractivity contribution in [3.8, 4) is 5.88 Å². The van der Waals surface area contributed by atoms with Crippen LogP contribution in [0.4, 0.5) is 4.79 Å². The number of amides is 3. The van der Waals surface area contributed by atoms with Crippen LogP contribution in [0.15, 0.2) is 77.8 Å². The van der Waals surface area contributed by atoms with Gasteiger partial charge in [-0.3, -0.25) is 9.59 Å². The fourth-order valence-electron chi connectivity index (χ4n) is 2.98. The summed E-state index contributed by atoms with van der Waals surface area (Å²) in [5.41, 5.74) is 1.11. The topological polar surface area (TPSA) is 164 Å². The van der Waals surface area contributed by atoms with Crippen molar-refractivity contribution in [3.63, 3.8) is 0 Å². The zero-order valence-electron chi connectivity index (χ0n) is 19.0. The van der Waals surface area contributed by atoms with Crippen LogP contribution in [0.5, 0.6) is 5.88 Å². The predicted octanol–water partition coefficient (Wildman–Crippen LogP) is 1.25. The Kier molecular flexibility index (Phi) is 9.08. The Morgan fingerprint density at radius 2 is 1.64 bits per heavy atom. The minimum absolute atomic E-state index is 0.000701. The van der Waals surface area contributed by atoms with Crippen LogP contribution in [-0.2, 0) is 16.4 Å². The van der Waals surface area contributed by atoms with Crippen molar-refractivity contribution in [2.75, 3.05) is 19.7 Å². The maximum atomic E-state index is 12.7. The van der Waals surface area contributed by atoms with Crippen LogP contribution in [0, 0.1) is 0 Å². The van der Waals surface area contributed by atoms with Crippen molar-refractivity contribution in [1.82, 2.24) is 20.3 Å². The maximum absolute atomic E-state index is 12.7. The fraction of sp³-hybridized carbons (Fsp3) is 0.167. The molecule has 36 heavy (non-hydrogen) atoms. The second-order valence-electron chi connectivity index (χ2n) is 7.38. The van der Waals surface area contributed by atoms with Crippen molar-refractivity contribution in [2.45, 2.75) is 11.3 Å². The van der Waals surface area contributed by atoms with Crippen LogP contribution in [0.25, 0.3) is 0 Å². The molecule has 0 aliphatic rings. The summed E-state index contributed by atoms with van der Waals surface area (Å²) in [5, 5.41) is 13.7. The Morgan fingerprint density at radius 1 is 0.861 bits per heavy atom. The molecule has 3 aromatic rings. The summed E-state index contributed by atoms with van der Waals surface area (Å²) >= 11 is 0. The molecule has 188 valence electrons. The number of nitrogens with one attached hydrogen (secondary N) is 3. The minimum atomic E-state index is -4.19. The van der Waals surface area contributed by atoms with E-state index in [2.05, 4.69) is 15.6 Å². The van der Waals surface area contributed by atoms with E-state index in [4.69, 9.17) is 9.84 Å². The summed E-state index contributed by atoms with van der Waals surface area (Å²) in [6.07, 6.45) is 0.606. The highest BCUT2D eigenvalue weighted by atomic mass is 32.2. The van der Waals surface area contributed by atoms with Crippen LogP contribution < -0.4 is 20.1 Å². The van der Waals surface area contributed by atoms with E-state index >= 15 is 0 Å². The van der Waals surface area contributed by atoms with Gasteiger partial charge in [-0.1, -0.05) is 30.3 Å². The lowest BCUT2D eigenvalue weighted by Gasteiger charge is -2.10. The highest BCUT2D eigenvalue weighted by molar-refractivity contribution is 7.90. The first-order valence-electron chi connectivity index (χ1n) is 10.8. The van der Waals surface area contributed by atoms with Gasteiger partial charge in [-0.05, 0) is 42.3 Å². The summed E-state index contributed by atoms with van der Waals surface area (Å²) in [4.78, 5) is 39.7. The number of nitrogens with zero attached hydrogens (tertiary/aromatic N) is 1. The number of aliphatic hydroxyl groups is 1. The number of pyridine rings is 1. The minimum Gasteiger partial charge on any atom is -0.395 e. The Morgan fingerprint density at radius 3 is 2.33 bits per heavy atom. The highest BCUT2D eigenvalue weighted by Gasteiger charge is 2.20. The second-order valence-corrected chi connectivity index (χ2v) is 9.06. The highest BCUT2D eigenvalue weighted by Crippen LogP contribution is 2.14. The number of ether oxygens (including phenoxy) is 1. The average Bonchev–Trinajstić information content (AvgIpc) is 2.88. The molecular formula is C24H24N4O7S. The zero-order valence-corrected chi connectivity index (χ0v) is 19.8. The molecule has 3 rings (SSSR count). The summed E-state index contributed by atoms with van der Waals surface area (Å²) in [5.74, 6) is -1.27. The van der Waals surface area contributed by atoms with E-state index in [0.717, 1.165) is 6.20 Å². The molecule has 0 aliphatic heterocycles. The van der Waals surface area contributed by atoms with Crippen LogP contribution in [-0.4, -0.2) is 56.1 Å². The molecule has 11 nitrogen and oxygen atoms in total. The molecule has 0 unspecified atom stereocenters. The smallest absolute Gasteiger partial charge is 0.395 e. The predicted molar refractivity (Wildman–Crippen MR) is 129 cm³/mol. The number of hydrogen-bond acceptors (Lipinski definition) is 8. The Hall–Kier alpha value is -4.29. The van der Waals surface area contributed by atoms with Crippen molar-refractivity contribution in [1.29, 1.82) is 0 Å². The molecule has 0 aliphatic carbocycles. The summed E-state index contributed by atoms with van der Waals surface area (Å²) in [6, 6.07) is 17.2. The van der Waals surface area contributed by atoms with E-state index in [9.17, 15) is 22.8 Å². The largest absolute Gasteiger partial charge is 0.414 e. The summed E-state index contributed by atoms with van der Waals surface area (Å²) in [6.45, 7) is 0.0340. The summed E-state index contributed by atoms with van der Waals surface area (Å²) < 4.78 is 32.3. The van der Waals surface area contributed by atoms with Gasteiger partial charge in [0.2, 0.25) is 5.88 Å². The van der Waals surface area contributed by atoms with Gasteiger partial charge in [-0.25, -0.2) is 22.9 Å². The average molecular weight is 513 g/mol. The first-order valence-corrected chi connectivity index (χ1v) is 12.3. The van der Waals surface area contributed by atoms with E-state index in [1.165, 1.54) is 24.3 Å². The van der Waals surface area contributed by atoms with Gasteiger partial charge >= 0.3 is 6.09 Å². The lowest BCUT2D eigenvalue weighted by Crippen LogP contribution is -2.31. The number of carbonyl (C=O) groups excluding carboxylic acids is 3. The van der Waals surface area contributed by atoms with Crippen molar-refractivity contribution in [2.24, 2.45) is 0 Å². The summed E-state index contributed by atoms with van der Waals surface area (Å²) in [7, 11) is -4.19. The van der Waals surface area contributed by atoms with E-state index in [1.807, 2.05) is 10.8 Å². The van der Waals surface area contributed by atoms with Crippen LogP contribution >= 0.6 is 0 Å². The molecular weight excluding hydrogens is 488 g/mol. The normalized spacial score (nSPS) is 10.8. The van der Waals surface area contributed by atoms with E-state index in [-0.39, 0.29) is 35.4 Å². The van der Waals surface area contributed by atoms with Gasteiger partial charge in [0.25, 0.3) is 21.8 Å². The fourth-order valence-corrected chi connectivity index (χ4v) is 4.03. The molecule has 1 heterocycles. The van der Waals surface area contributed by atoms with Gasteiger partial charge in [-0.2, -0.15) is 0 Å². The Labute approximate surface area is 207 Å². The van der Waals surface area contributed by atoms with E-state index < -0.39 is 22.0 Å². The second kappa shape index (κ2) is 12.4. The first kappa shape index (κ1) is 26.3. The number of benzene rings is 2. The van der Waals surface area contributed by atoms with Crippen LogP contribution in [0.3, 0.4) is 0 Å². The molecule has 0 radical (unpaired) electrons. The lowest BCUT2D eigenvalue weighted by atomic mass is 10.1. The van der Waals surface area contributed by atoms with Gasteiger partial charge in [0, 0.05) is 30.9 Å². The van der Waals surface area contributed by atoms with Crippen LogP contribution in [0.2, 0.25) is 0 Å². The molecule has 4 N–H and O–H groups in total. The zero-order chi connectivity index (χ0) is 26.0. The maximum Gasteiger partial charge on any atom is 0.414 e. The standard InChI is InChI=1S/C24H24N4O7S/c29-14-13-26-24(32)35-21-10-9-19(16-27-21)23(31)28-36(33,34)20-8-4-5-17(15-20)11-12-25-22(30)18-6-2-1-3-7-18/h1-10,15-16,29H,11-14H2,(H,25,30)(H,26,32)(H,28,31). The molecule has 0 atom stereocenters. The van der Waals surface area contributed by atoms with E-state index in [0.29, 0.717) is 24.1 Å². The number of carbonyl (C=O) groups is 3. The third-order valence-electron chi connectivity index (χ3n) is 4.75. The molecule has 0 saturated heterocycles. The molecule has 1 aromatic heterocycles. The van der Waals surface area contributed by atoms with Gasteiger partial charge in [-0.15, -0.1) is 0 Å². The third-order valence-corrected chi connectivity index (χ3v) is 6.08. The molecule has 3 amide bonds. The molecule has 0 bridgehead atoms. The van der Waals surface area contributed by atoms with Gasteiger partial charge in [0.05, 0.1) is 17.1 Å². The number of aromatic nitrogens is 1. The van der Waals surface area contributed by atoms with Crippen LogP contribution in [0.1, 0.15) is 26.3 Å². The third kappa shape index (κ3) is 7.61. The van der Waals surface area contributed by atoms with E-state index in [1.54, 1.807) is 36.4 Å². The molecule has 0 fully saturated rings. The van der Waals surface area contributed by atoms with Gasteiger partial charge in [0.15, 0.2) is 0 Å².